The summed E-state index contributed by atoms with van der Waals surface area (Å²) in [7, 11) is 0. The number of hydrogen-bond acceptors (Lipinski definition) is 5. The van der Waals surface area contributed by atoms with Gasteiger partial charge in [-0.2, -0.15) is 0 Å². The van der Waals surface area contributed by atoms with Crippen molar-refractivity contribution in [1.29, 1.82) is 0 Å². The van der Waals surface area contributed by atoms with Crippen LogP contribution in [-0.2, 0) is 0 Å². The minimum atomic E-state index is 0.588. The van der Waals surface area contributed by atoms with Gasteiger partial charge in [0.1, 0.15) is 16.7 Å². The highest BCUT2D eigenvalue weighted by molar-refractivity contribution is 6.15. The van der Waals surface area contributed by atoms with Gasteiger partial charge in [-0.1, -0.05) is 140 Å². The number of rotatable bonds is 5. The average molecular weight is 731 g/mol. The number of benzene rings is 8. The molecule has 0 saturated heterocycles. The second-order valence-corrected chi connectivity index (χ2v) is 14.3. The standard InChI is InChI=1S/C51H30N4O2/c1-3-14-31(15-4-1)34-20-11-21-36-37-22-12-25-43(48(37)57-47(34)36)55-41-24-9-7-18-35(41)40-30-33(28-29-42(40)55)50-52-49(32-16-5-2-6-17-32)53-51(54-50)39-23-13-27-45-46(39)38-19-8-10-26-44(38)56-45/h1-30H. The first-order chi connectivity index (χ1) is 28.3. The molecule has 0 N–H and O–H groups in total. The fourth-order valence-electron chi connectivity index (χ4n) is 8.50. The van der Waals surface area contributed by atoms with Gasteiger partial charge in [0.25, 0.3) is 0 Å². The number of nitrogens with zero attached hydrogens (tertiary/aromatic N) is 4. The van der Waals surface area contributed by atoms with Crippen LogP contribution in [0.25, 0.3) is 117 Å². The van der Waals surface area contributed by atoms with Crippen molar-refractivity contribution in [2.75, 3.05) is 0 Å². The van der Waals surface area contributed by atoms with Gasteiger partial charge in [0, 0.05) is 54.6 Å². The minimum Gasteiger partial charge on any atom is -0.456 e. The Kier molecular flexibility index (Phi) is 6.83. The Hall–Kier alpha value is -7.83. The molecule has 12 aromatic rings. The predicted molar refractivity (Wildman–Crippen MR) is 230 cm³/mol. The van der Waals surface area contributed by atoms with Gasteiger partial charge in [-0.05, 0) is 48.0 Å². The van der Waals surface area contributed by atoms with Crippen molar-refractivity contribution in [1.82, 2.24) is 19.5 Å². The first-order valence-corrected chi connectivity index (χ1v) is 19.0. The van der Waals surface area contributed by atoms with E-state index in [4.69, 9.17) is 23.8 Å². The first-order valence-electron chi connectivity index (χ1n) is 19.0. The van der Waals surface area contributed by atoms with Crippen LogP contribution in [0.2, 0.25) is 0 Å². The molecule has 8 aromatic carbocycles. The van der Waals surface area contributed by atoms with E-state index >= 15 is 0 Å². The average Bonchev–Trinajstić information content (AvgIpc) is 3.96. The zero-order valence-electron chi connectivity index (χ0n) is 30.4. The lowest BCUT2D eigenvalue weighted by molar-refractivity contribution is 0.667. The molecule has 4 heterocycles. The highest BCUT2D eigenvalue weighted by Gasteiger charge is 2.21. The third-order valence-electron chi connectivity index (χ3n) is 11.1. The summed E-state index contributed by atoms with van der Waals surface area (Å²) in [5, 5.41) is 6.39. The molecule has 0 saturated carbocycles. The smallest absolute Gasteiger partial charge is 0.164 e. The van der Waals surface area contributed by atoms with Crippen LogP contribution in [0.5, 0.6) is 0 Å². The number of hydrogen-bond donors (Lipinski definition) is 0. The lowest BCUT2D eigenvalue weighted by Gasteiger charge is -2.10. The van der Waals surface area contributed by atoms with Crippen LogP contribution < -0.4 is 0 Å². The van der Waals surface area contributed by atoms with E-state index in [2.05, 4.69) is 120 Å². The van der Waals surface area contributed by atoms with Crippen LogP contribution in [-0.4, -0.2) is 19.5 Å². The van der Waals surface area contributed by atoms with Crippen molar-refractivity contribution in [3.8, 4) is 51.0 Å². The lowest BCUT2D eigenvalue weighted by atomic mass is 10.0. The van der Waals surface area contributed by atoms with E-state index < -0.39 is 0 Å². The molecule has 0 radical (unpaired) electrons. The second kappa shape index (κ2) is 12.3. The quantitative estimate of drug-likeness (QED) is 0.176. The highest BCUT2D eigenvalue weighted by Crippen LogP contribution is 2.42. The third-order valence-corrected chi connectivity index (χ3v) is 11.1. The summed E-state index contributed by atoms with van der Waals surface area (Å²) in [6.45, 7) is 0. The van der Waals surface area contributed by atoms with E-state index in [1.165, 1.54) is 0 Å². The normalized spacial score (nSPS) is 11.9. The summed E-state index contributed by atoms with van der Waals surface area (Å²) in [6.07, 6.45) is 0. The third kappa shape index (κ3) is 4.87. The van der Waals surface area contributed by atoms with Crippen LogP contribution in [0.15, 0.2) is 191 Å². The van der Waals surface area contributed by atoms with Crippen LogP contribution in [0, 0.1) is 0 Å². The Balaban J connectivity index is 1.08. The van der Waals surface area contributed by atoms with Gasteiger partial charge >= 0.3 is 0 Å². The molecule has 12 rings (SSSR count). The van der Waals surface area contributed by atoms with E-state index in [-0.39, 0.29) is 0 Å². The molecule has 6 heteroatoms. The Morgan fingerprint density at radius 2 is 0.947 bits per heavy atom. The molecule has 0 amide bonds. The molecule has 0 atom stereocenters. The molecule has 0 spiro atoms. The molecule has 0 aliphatic heterocycles. The summed E-state index contributed by atoms with van der Waals surface area (Å²) in [6, 6.07) is 62.6. The topological polar surface area (TPSA) is 69.9 Å². The van der Waals surface area contributed by atoms with Crippen LogP contribution in [0.1, 0.15) is 0 Å². The van der Waals surface area contributed by atoms with Gasteiger partial charge in [-0.25, -0.2) is 15.0 Å². The van der Waals surface area contributed by atoms with Crippen LogP contribution in [0.4, 0.5) is 0 Å². The summed E-state index contributed by atoms with van der Waals surface area (Å²) >= 11 is 0. The van der Waals surface area contributed by atoms with Gasteiger partial charge in [-0.15, -0.1) is 0 Å². The Morgan fingerprint density at radius 1 is 0.351 bits per heavy atom. The van der Waals surface area contributed by atoms with E-state index in [1.54, 1.807) is 0 Å². The molecule has 0 fully saturated rings. The summed E-state index contributed by atoms with van der Waals surface area (Å²) < 4.78 is 15.5. The van der Waals surface area contributed by atoms with E-state index in [9.17, 15) is 0 Å². The van der Waals surface area contributed by atoms with Gasteiger partial charge < -0.3 is 13.4 Å². The van der Waals surface area contributed by atoms with Crippen molar-refractivity contribution in [3.05, 3.63) is 182 Å². The lowest BCUT2D eigenvalue weighted by Crippen LogP contribution is -2.00. The Labute approximate surface area is 325 Å². The number of fused-ring (bicyclic) bond motifs is 9. The van der Waals surface area contributed by atoms with Crippen molar-refractivity contribution >= 4 is 65.7 Å². The zero-order chi connectivity index (χ0) is 37.5. The molecular weight excluding hydrogens is 701 g/mol. The molecule has 0 unspecified atom stereocenters. The van der Waals surface area contributed by atoms with E-state index in [1.807, 2.05) is 66.7 Å². The van der Waals surface area contributed by atoms with Gasteiger partial charge in [0.2, 0.25) is 0 Å². The highest BCUT2D eigenvalue weighted by atomic mass is 16.3. The van der Waals surface area contributed by atoms with E-state index in [0.717, 1.165) is 99.2 Å². The fraction of sp³-hybridized carbons (Fsp3) is 0. The first kappa shape index (κ1) is 31.5. The predicted octanol–water partition coefficient (Wildman–Crippen LogP) is 13.4. The van der Waals surface area contributed by atoms with Crippen molar-refractivity contribution in [2.24, 2.45) is 0 Å². The van der Waals surface area contributed by atoms with E-state index in [0.29, 0.717) is 17.5 Å². The molecule has 266 valence electrons. The zero-order valence-corrected chi connectivity index (χ0v) is 30.4. The number of furan rings is 2. The summed E-state index contributed by atoms with van der Waals surface area (Å²) in [5.41, 5.74) is 11.4. The Bertz CT molecular complexity index is 3530. The maximum atomic E-state index is 6.89. The van der Waals surface area contributed by atoms with Crippen molar-refractivity contribution < 1.29 is 8.83 Å². The van der Waals surface area contributed by atoms with Crippen molar-refractivity contribution in [2.45, 2.75) is 0 Å². The molecule has 0 aliphatic rings. The maximum absolute atomic E-state index is 6.89. The van der Waals surface area contributed by atoms with Crippen LogP contribution >= 0.6 is 0 Å². The SMILES string of the molecule is c1ccc(-c2nc(-c3ccc4c(c3)c3ccccc3n4-c3cccc4c3oc3c(-c5ccccc5)cccc34)nc(-c3cccc4oc5ccccc5c34)n2)cc1. The van der Waals surface area contributed by atoms with Gasteiger partial charge in [-0.3, -0.25) is 0 Å². The maximum Gasteiger partial charge on any atom is 0.164 e. The molecule has 0 aliphatic carbocycles. The molecule has 0 bridgehead atoms. The minimum absolute atomic E-state index is 0.588. The summed E-state index contributed by atoms with van der Waals surface area (Å²) in [4.78, 5) is 15.4. The van der Waals surface area contributed by atoms with Crippen LogP contribution in [0.3, 0.4) is 0 Å². The molecular formula is C51H30N4O2. The van der Waals surface area contributed by atoms with Crippen molar-refractivity contribution in [3.63, 3.8) is 0 Å². The Morgan fingerprint density at radius 3 is 1.79 bits per heavy atom. The molecule has 4 aromatic heterocycles. The number of para-hydroxylation sites is 4. The number of aromatic nitrogens is 4. The second-order valence-electron chi connectivity index (χ2n) is 14.3. The monoisotopic (exact) mass is 730 g/mol. The summed E-state index contributed by atoms with van der Waals surface area (Å²) in [5.74, 6) is 1.79. The molecule has 6 nitrogen and oxygen atoms in total. The fourth-order valence-corrected chi connectivity index (χ4v) is 8.50. The van der Waals surface area contributed by atoms with Gasteiger partial charge in [0.05, 0.1) is 16.7 Å². The largest absolute Gasteiger partial charge is 0.456 e. The molecule has 57 heavy (non-hydrogen) atoms. The van der Waals surface area contributed by atoms with Gasteiger partial charge in [0.15, 0.2) is 23.1 Å².